The molecule has 0 radical (unpaired) electrons. The number of hydrogen-bond acceptors (Lipinski definition) is 4. The van der Waals surface area contributed by atoms with Crippen LogP contribution in [0.1, 0.15) is 45.1 Å². The molecule has 1 saturated heterocycles. The maximum atomic E-state index is 12.8. The van der Waals surface area contributed by atoms with Gasteiger partial charge < -0.3 is 5.32 Å². The second-order valence-electron chi connectivity index (χ2n) is 6.91. The number of piperazine rings is 1. The van der Waals surface area contributed by atoms with Crippen LogP contribution in [0, 0.1) is 0 Å². The van der Waals surface area contributed by atoms with Gasteiger partial charge in [-0.05, 0) is 36.5 Å². The van der Waals surface area contributed by atoms with E-state index in [1.807, 2.05) is 24.0 Å². The second kappa shape index (κ2) is 9.48. The number of nitrogens with one attached hydrogen (secondary N) is 1. The van der Waals surface area contributed by atoms with Gasteiger partial charge in [0.25, 0.3) is 0 Å². The summed E-state index contributed by atoms with van der Waals surface area (Å²) in [7, 11) is -3.47. The molecule has 1 aromatic carbocycles. The molecule has 6 nitrogen and oxygen atoms in total. The molecule has 0 aliphatic carbocycles. The largest absolute Gasteiger partial charge is 0.355 e. The van der Waals surface area contributed by atoms with Gasteiger partial charge in [0, 0.05) is 32.7 Å². The molecule has 0 spiro atoms. The van der Waals surface area contributed by atoms with Gasteiger partial charge in [-0.3, -0.25) is 9.69 Å². The molecule has 1 aromatic rings. The number of nitrogens with zero attached hydrogens (tertiary/aromatic N) is 2. The van der Waals surface area contributed by atoms with E-state index < -0.39 is 10.0 Å². The minimum Gasteiger partial charge on any atom is -0.355 e. The Morgan fingerprint density at radius 1 is 1.12 bits per heavy atom. The molecular weight excluding hydrogens is 350 g/mol. The predicted molar refractivity (Wildman–Crippen MR) is 104 cm³/mol. The van der Waals surface area contributed by atoms with Crippen LogP contribution in [0.3, 0.4) is 0 Å². The summed E-state index contributed by atoms with van der Waals surface area (Å²) in [6.07, 6.45) is 1.94. The summed E-state index contributed by atoms with van der Waals surface area (Å²) in [5, 5.41) is 2.85. The van der Waals surface area contributed by atoms with Crippen LogP contribution in [-0.4, -0.2) is 62.8 Å². The van der Waals surface area contributed by atoms with Gasteiger partial charge in [-0.1, -0.05) is 32.9 Å². The highest BCUT2D eigenvalue weighted by molar-refractivity contribution is 7.89. The first-order valence-electron chi connectivity index (χ1n) is 9.47. The molecule has 1 amide bonds. The number of benzene rings is 1. The van der Waals surface area contributed by atoms with Crippen LogP contribution in [0.25, 0.3) is 0 Å². The average molecular weight is 382 g/mol. The van der Waals surface area contributed by atoms with Crippen molar-refractivity contribution in [2.24, 2.45) is 0 Å². The Balaban J connectivity index is 1.94. The zero-order valence-corrected chi connectivity index (χ0v) is 16.9. The van der Waals surface area contributed by atoms with Crippen molar-refractivity contribution in [1.29, 1.82) is 0 Å². The standard InChI is InChI=1S/C19H31N3O3S/c1-4-10-20-19(23)15-21-11-13-22(14-12-21)26(24,25)18-8-6-17(7-9-18)16(3)5-2/h6-9,16H,4-5,10-15H2,1-3H3,(H,20,23). The minimum absolute atomic E-state index is 0.00351. The fraction of sp³-hybridized carbons (Fsp3) is 0.632. The molecule has 0 saturated carbocycles. The fourth-order valence-corrected chi connectivity index (χ4v) is 4.43. The Hall–Kier alpha value is -1.44. The van der Waals surface area contributed by atoms with Crippen LogP contribution in [0.2, 0.25) is 0 Å². The third-order valence-corrected chi connectivity index (χ3v) is 6.88. The highest BCUT2D eigenvalue weighted by atomic mass is 32.2. The maximum Gasteiger partial charge on any atom is 0.243 e. The summed E-state index contributed by atoms with van der Waals surface area (Å²) in [6, 6.07) is 7.24. The molecule has 0 aromatic heterocycles. The topological polar surface area (TPSA) is 69.7 Å². The van der Waals surface area contributed by atoms with E-state index in [0.29, 0.717) is 50.1 Å². The first-order valence-corrected chi connectivity index (χ1v) is 10.9. The summed E-state index contributed by atoms with van der Waals surface area (Å²) in [5.74, 6) is 0.429. The van der Waals surface area contributed by atoms with Gasteiger partial charge in [-0.2, -0.15) is 4.31 Å². The van der Waals surface area contributed by atoms with Crippen molar-refractivity contribution >= 4 is 15.9 Å². The third kappa shape index (κ3) is 5.28. The quantitative estimate of drug-likeness (QED) is 0.748. The van der Waals surface area contributed by atoms with Crippen LogP contribution in [-0.2, 0) is 14.8 Å². The van der Waals surface area contributed by atoms with Crippen LogP contribution in [0.5, 0.6) is 0 Å². The molecule has 7 heteroatoms. The van der Waals surface area contributed by atoms with E-state index in [-0.39, 0.29) is 5.91 Å². The second-order valence-corrected chi connectivity index (χ2v) is 8.85. The predicted octanol–water partition coefficient (Wildman–Crippen LogP) is 2.03. The van der Waals surface area contributed by atoms with Crippen molar-refractivity contribution in [3.63, 3.8) is 0 Å². The van der Waals surface area contributed by atoms with Gasteiger partial charge in [0.15, 0.2) is 0 Å². The van der Waals surface area contributed by atoms with Crippen LogP contribution >= 0.6 is 0 Å². The maximum absolute atomic E-state index is 12.8. The minimum atomic E-state index is -3.47. The summed E-state index contributed by atoms with van der Waals surface area (Å²) < 4.78 is 27.2. The van der Waals surface area contributed by atoms with E-state index in [4.69, 9.17) is 0 Å². The molecule has 1 unspecified atom stereocenters. The van der Waals surface area contributed by atoms with Crippen molar-refractivity contribution < 1.29 is 13.2 Å². The average Bonchev–Trinajstić information content (AvgIpc) is 2.66. The smallest absolute Gasteiger partial charge is 0.243 e. The molecule has 1 aliphatic heterocycles. The van der Waals surface area contributed by atoms with E-state index in [1.165, 1.54) is 4.31 Å². The summed E-state index contributed by atoms with van der Waals surface area (Å²) in [4.78, 5) is 14.1. The van der Waals surface area contributed by atoms with E-state index >= 15 is 0 Å². The van der Waals surface area contributed by atoms with Gasteiger partial charge in [0.1, 0.15) is 0 Å². The van der Waals surface area contributed by atoms with Crippen molar-refractivity contribution in [2.75, 3.05) is 39.3 Å². The molecule has 2 rings (SSSR count). The summed E-state index contributed by atoms with van der Waals surface area (Å²) in [6.45, 7) is 9.26. The fourth-order valence-electron chi connectivity index (χ4n) is 3.00. The van der Waals surface area contributed by atoms with Crippen molar-refractivity contribution in [3.8, 4) is 0 Å². The lowest BCUT2D eigenvalue weighted by atomic mass is 9.99. The Morgan fingerprint density at radius 3 is 2.27 bits per heavy atom. The molecule has 1 fully saturated rings. The summed E-state index contributed by atoms with van der Waals surface area (Å²) >= 11 is 0. The van der Waals surface area contributed by atoms with E-state index in [1.54, 1.807) is 12.1 Å². The Bertz CT molecular complexity index is 680. The van der Waals surface area contributed by atoms with Gasteiger partial charge in [0.2, 0.25) is 15.9 Å². The van der Waals surface area contributed by atoms with Gasteiger partial charge in [0.05, 0.1) is 11.4 Å². The van der Waals surface area contributed by atoms with Crippen LogP contribution in [0.4, 0.5) is 0 Å². The van der Waals surface area contributed by atoms with E-state index in [2.05, 4.69) is 19.2 Å². The Labute approximate surface area is 157 Å². The Morgan fingerprint density at radius 2 is 1.73 bits per heavy atom. The number of rotatable bonds is 8. The van der Waals surface area contributed by atoms with Crippen molar-refractivity contribution in [2.45, 2.75) is 44.4 Å². The van der Waals surface area contributed by atoms with Gasteiger partial charge in [-0.15, -0.1) is 0 Å². The van der Waals surface area contributed by atoms with Gasteiger partial charge >= 0.3 is 0 Å². The molecule has 1 N–H and O–H groups in total. The van der Waals surface area contributed by atoms with E-state index in [9.17, 15) is 13.2 Å². The zero-order chi connectivity index (χ0) is 19.2. The highest BCUT2D eigenvalue weighted by Crippen LogP contribution is 2.23. The SMILES string of the molecule is CCCNC(=O)CN1CCN(S(=O)(=O)c2ccc(C(C)CC)cc2)CC1. The lowest BCUT2D eigenvalue weighted by Gasteiger charge is -2.33. The zero-order valence-electron chi connectivity index (χ0n) is 16.1. The Kier molecular flexibility index (Phi) is 7.61. The van der Waals surface area contributed by atoms with E-state index in [0.717, 1.165) is 18.4 Å². The van der Waals surface area contributed by atoms with Gasteiger partial charge in [-0.25, -0.2) is 8.42 Å². The first-order chi connectivity index (χ1) is 12.4. The number of amides is 1. The molecule has 1 aliphatic rings. The normalized spacial score (nSPS) is 17.8. The third-order valence-electron chi connectivity index (χ3n) is 4.97. The van der Waals surface area contributed by atoms with Crippen LogP contribution < -0.4 is 5.32 Å². The first kappa shape index (κ1) is 20.9. The molecule has 1 heterocycles. The number of carbonyl (C=O) groups excluding carboxylic acids is 1. The highest BCUT2D eigenvalue weighted by Gasteiger charge is 2.29. The molecule has 1 atom stereocenters. The molecular formula is C19H31N3O3S. The van der Waals surface area contributed by atoms with Crippen molar-refractivity contribution in [3.05, 3.63) is 29.8 Å². The van der Waals surface area contributed by atoms with Crippen molar-refractivity contribution in [1.82, 2.24) is 14.5 Å². The summed E-state index contributed by atoms with van der Waals surface area (Å²) in [5.41, 5.74) is 1.16. The molecule has 26 heavy (non-hydrogen) atoms. The lowest BCUT2D eigenvalue weighted by molar-refractivity contribution is -0.122. The molecule has 146 valence electrons. The monoisotopic (exact) mass is 381 g/mol. The molecule has 0 bridgehead atoms. The number of sulfonamides is 1. The number of carbonyl (C=O) groups is 1. The number of hydrogen-bond donors (Lipinski definition) is 1. The van der Waals surface area contributed by atoms with Crippen LogP contribution in [0.15, 0.2) is 29.2 Å². The lowest BCUT2D eigenvalue weighted by Crippen LogP contribution is -2.51.